The van der Waals surface area contributed by atoms with E-state index in [4.69, 9.17) is 23.2 Å². The minimum Gasteiger partial charge on any atom is -0.338 e. The van der Waals surface area contributed by atoms with Crippen LogP contribution in [0.5, 0.6) is 0 Å². The van der Waals surface area contributed by atoms with Crippen LogP contribution < -0.4 is 5.32 Å². The number of rotatable bonds is 3. The number of halogens is 2. The first-order valence-corrected chi connectivity index (χ1v) is 8.80. The minimum absolute atomic E-state index is 0.549. The number of benzene rings is 2. The smallest absolute Gasteiger partial charge is 0.142 e. The molecular weight excluding hydrogens is 361 g/mol. The monoisotopic (exact) mass is 371 g/mol. The fourth-order valence-corrected chi connectivity index (χ4v) is 3.88. The number of aromatic nitrogens is 2. The van der Waals surface area contributed by atoms with E-state index in [9.17, 15) is 0 Å². The molecule has 0 unspecified atom stereocenters. The van der Waals surface area contributed by atoms with Crippen molar-refractivity contribution in [3.05, 3.63) is 71.0 Å². The van der Waals surface area contributed by atoms with Gasteiger partial charge in [-0.05, 0) is 29.8 Å². The average Bonchev–Trinajstić information content (AvgIpc) is 3.03. The molecule has 4 rings (SSSR count). The van der Waals surface area contributed by atoms with Gasteiger partial charge in [-0.25, -0.2) is 9.97 Å². The molecule has 0 atom stereocenters. The van der Waals surface area contributed by atoms with Gasteiger partial charge in [-0.2, -0.15) is 0 Å². The summed E-state index contributed by atoms with van der Waals surface area (Å²) in [6.07, 6.45) is 1.56. The van der Waals surface area contributed by atoms with Crippen molar-refractivity contribution in [2.24, 2.45) is 0 Å². The number of nitrogens with one attached hydrogen (secondary N) is 1. The lowest BCUT2D eigenvalue weighted by Gasteiger charge is -2.08. The van der Waals surface area contributed by atoms with Crippen LogP contribution in [0.15, 0.2) is 60.9 Å². The maximum Gasteiger partial charge on any atom is 0.142 e. The Morgan fingerprint density at radius 3 is 2.54 bits per heavy atom. The van der Waals surface area contributed by atoms with Gasteiger partial charge < -0.3 is 5.32 Å². The molecule has 24 heavy (non-hydrogen) atoms. The molecule has 0 radical (unpaired) electrons. The van der Waals surface area contributed by atoms with Gasteiger partial charge in [0, 0.05) is 9.90 Å². The highest BCUT2D eigenvalue weighted by atomic mass is 35.5. The number of hydrogen-bond acceptors (Lipinski definition) is 4. The lowest BCUT2D eigenvalue weighted by molar-refractivity contribution is 1.23. The fourth-order valence-electron chi connectivity index (χ4n) is 2.42. The summed E-state index contributed by atoms with van der Waals surface area (Å²) in [6.45, 7) is 0. The standard InChI is InChI=1S/C18H11Cl2N3S/c19-12-6-7-15(14(20)8-12)23-17-13-9-16(11-4-2-1-3-5-11)24-18(13)22-10-21-17/h1-10H,(H,21,22,23). The van der Waals surface area contributed by atoms with Crippen LogP contribution in [-0.4, -0.2) is 9.97 Å². The Labute approximate surface area is 152 Å². The molecule has 0 amide bonds. The summed E-state index contributed by atoms with van der Waals surface area (Å²) >= 11 is 13.8. The topological polar surface area (TPSA) is 37.8 Å². The van der Waals surface area contributed by atoms with E-state index >= 15 is 0 Å². The lowest BCUT2D eigenvalue weighted by atomic mass is 10.2. The van der Waals surface area contributed by atoms with Gasteiger partial charge >= 0.3 is 0 Å². The highest BCUT2D eigenvalue weighted by molar-refractivity contribution is 7.21. The van der Waals surface area contributed by atoms with Gasteiger partial charge in [-0.3, -0.25) is 0 Å². The predicted molar refractivity (Wildman–Crippen MR) is 103 cm³/mol. The first kappa shape index (κ1) is 15.4. The van der Waals surface area contributed by atoms with Crippen LogP contribution in [0.25, 0.3) is 20.7 Å². The number of fused-ring (bicyclic) bond motifs is 1. The number of nitrogens with zero attached hydrogens (tertiary/aromatic N) is 2. The Kier molecular flexibility index (Phi) is 4.10. The second kappa shape index (κ2) is 6.40. The second-order valence-corrected chi connectivity index (χ2v) is 7.04. The zero-order valence-electron chi connectivity index (χ0n) is 12.3. The van der Waals surface area contributed by atoms with Crippen molar-refractivity contribution in [1.29, 1.82) is 0 Å². The van der Waals surface area contributed by atoms with Crippen LogP contribution in [-0.2, 0) is 0 Å². The number of hydrogen-bond donors (Lipinski definition) is 1. The molecule has 3 nitrogen and oxygen atoms in total. The number of anilines is 2. The Balaban J connectivity index is 1.77. The maximum absolute atomic E-state index is 6.24. The quantitative estimate of drug-likeness (QED) is 0.452. The van der Waals surface area contributed by atoms with E-state index in [-0.39, 0.29) is 0 Å². The number of thiophene rings is 1. The maximum atomic E-state index is 6.24. The summed E-state index contributed by atoms with van der Waals surface area (Å²) in [7, 11) is 0. The van der Waals surface area contributed by atoms with Gasteiger partial charge in [0.25, 0.3) is 0 Å². The third kappa shape index (κ3) is 2.96. The van der Waals surface area contributed by atoms with Crippen LogP contribution in [0.2, 0.25) is 10.0 Å². The first-order chi connectivity index (χ1) is 11.7. The van der Waals surface area contributed by atoms with Crippen LogP contribution in [0.3, 0.4) is 0 Å². The molecule has 2 aromatic carbocycles. The molecule has 0 fully saturated rings. The Morgan fingerprint density at radius 1 is 0.917 bits per heavy atom. The molecule has 0 aliphatic heterocycles. The Hall–Kier alpha value is -2.14. The van der Waals surface area contributed by atoms with E-state index < -0.39 is 0 Å². The van der Waals surface area contributed by atoms with Crippen molar-refractivity contribution in [2.45, 2.75) is 0 Å². The molecule has 0 spiro atoms. The van der Waals surface area contributed by atoms with Gasteiger partial charge in [-0.15, -0.1) is 11.3 Å². The normalized spacial score (nSPS) is 10.9. The SMILES string of the molecule is Clc1ccc(Nc2ncnc3sc(-c4ccccc4)cc23)c(Cl)c1. The van der Waals surface area contributed by atoms with Crippen molar-refractivity contribution < 1.29 is 0 Å². The summed E-state index contributed by atoms with van der Waals surface area (Å²) in [5.74, 6) is 0.725. The fraction of sp³-hybridized carbons (Fsp3) is 0. The molecule has 0 bridgehead atoms. The minimum atomic E-state index is 0.549. The van der Waals surface area contributed by atoms with E-state index in [0.29, 0.717) is 10.0 Å². The van der Waals surface area contributed by atoms with E-state index in [1.165, 1.54) is 0 Å². The zero-order valence-corrected chi connectivity index (χ0v) is 14.7. The predicted octanol–water partition coefficient (Wildman–Crippen LogP) is 6.41. The van der Waals surface area contributed by atoms with Crippen LogP contribution in [0, 0.1) is 0 Å². The van der Waals surface area contributed by atoms with E-state index in [0.717, 1.165) is 32.2 Å². The molecule has 2 heterocycles. The van der Waals surface area contributed by atoms with Crippen molar-refractivity contribution >= 4 is 56.3 Å². The van der Waals surface area contributed by atoms with Gasteiger partial charge in [0.1, 0.15) is 17.0 Å². The summed E-state index contributed by atoms with van der Waals surface area (Å²) in [6, 6.07) is 17.7. The molecule has 0 aliphatic carbocycles. The zero-order chi connectivity index (χ0) is 16.5. The van der Waals surface area contributed by atoms with Crippen LogP contribution in [0.4, 0.5) is 11.5 Å². The molecule has 0 aliphatic rings. The molecule has 4 aromatic rings. The molecular formula is C18H11Cl2N3S. The molecule has 0 saturated heterocycles. The van der Waals surface area contributed by atoms with Gasteiger partial charge in [0.15, 0.2) is 0 Å². The van der Waals surface area contributed by atoms with Crippen LogP contribution >= 0.6 is 34.5 Å². The summed E-state index contributed by atoms with van der Waals surface area (Å²) in [5.41, 5.74) is 1.92. The van der Waals surface area contributed by atoms with Gasteiger partial charge in [0.2, 0.25) is 0 Å². The highest BCUT2D eigenvalue weighted by Crippen LogP contribution is 2.36. The van der Waals surface area contributed by atoms with Crippen LogP contribution in [0.1, 0.15) is 0 Å². The molecule has 0 saturated carbocycles. The van der Waals surface area contributed by atoms with Gasteiger partial charge in [-0.1, -0.05) is 53.5 Å². The van der Waals surface area contributed by atoms with Crippen molar-refractivity contribution in [1.82, 2.24) is 9.97 Å². The molecule has 118 valence electrons. The third-order valence-electron chi connectivity index (χ3n) is 3.57. The summed E-state index contributed by atoms with van der Waals surface area (Å²) in [5, 5.41) is 5.38. The van der Waals surface area contributed by atoms with E-state index in [2.05, 4.69) is 33.5 Å². The summed E-state index contributed by atoms with van der Waals surface area (Å²) < 4.78 is 0. The van der Waals surface area contributed by atoms with Crippen molar-refractivity contribution in [3.63, 3.8) is 0 Å². The Morgan fingerprint density at radius 2 is 1.75 bits per heavy atom. The van der Waals surface area contributed by atoms with E-state index in [1.54, 1.807) is 29.8 Å². The summed E-state index contributed by atoms with van der Waals surface area (Å²) in [4.78, 5) is 10.8. The molecule has 1 N–H and O–H groups in total. The van der Waals surface area contributed by atoms with Crippen molar-refractivity contribution in [2.75, 3.05) is 5.32 Å². The average molecular weight is 372 g/mol. The second-order valence-electron chi connectivity index (χ2n) is 5.17. The highest BCUT2D eigenvalue weighted by Gasteiger charge is 2.11. The molecule has 2 aromatic heterocycles. The Bertz CT molecular complexity index is 1020. The molecule has 6 heteroatoms. The van der Waals surface area contributed by atoms with Crippen molar-refractivity contribution in [3.8, 4) is 10.4 Å². The lowest BCUT2D eigenvalue weighted by Crippen LogP contribution is -1.95. The first-order valence-electron chi connectivity index (χ1n) is 7.23. The van der Waals surface area contributed by atoms with E-state index in [1.807, 2.05) is 24.3 Å². The third-order valence-corrected chi connectivity index (χ3v) is 5.21. The largest absolute Gasteiger partial charge is 0.338 e. The van der Waals surface area contributed by atoms with Gasteiger partial charge in [0.05, 0.1) is 16.1 Å².